The van der Waals surface area contributed by atoms with Crippen LogP contribution in [-0.4, -0.2) is 66.2 Å². The third-order valence-corrected chi connectivity index (χ3v) is 11.2. The Labute approximate surface area is 444 Å². The number of benzene rings is 3. The molecule has 12 rings (SSSR count). The van der Waals surface area contributed by atoms with Gasteiger partial charge in [0.15, 0.2) is 0 Å². The molecule has 370 valence electrons. The third-order valence-electron chi connectivity index (χ3n) is 10.7. The van der Waals surface area contributed by atoms with E-state index in [1.54, 1.807) is 77.1 Å². The minimum Gasteiger partial charge on any atom is -0.497 e. The Balaban J connectivity index is 0.000000130. The van der Waals surface area contributed by atoms with Crippen molar-refractivity contribution < 1.29 is 27.5 Å². The highest BCUT2D eigenvalue weighted by Crippen LogP contribution is 2.26. The molecule has 0 atom stereocenters. The summed E-state index contributed by atoms with van der Waals surface area (Å²) < 4.78 is 33.0. The molecule has 76 heavy (non-hydrogen) atoms. The molecule has 0 fully saturated rings. The molecular formula is C60H42BrN9O6. The van der Waals surface area contributed by atoms with E-state index in [2.05, 4.69) is 78.5 Å². The Hall–Kier alpha value is -10.3. The largest absolute Gasteiger partial charge is 0.497 e. The highest BCUT2D eigenvalue weighted by atomic mass is 79.9. The molecule has 12 aromatic rings. The minimum absolute atomic E-state index is 0.480. The minimum atomic E-state index is 0.480. The Morgan fingerprint density at radius 1 is 0.447 bits per heavy atom. The summed E-state index contributed by atoms with van der Waals surface area (Å²) in [5.41, 5.74) is 10.7. The average Bonchev–Trinajstić information content (AvgIpc) is 4.25. The Bertz CT molecular complexity index is 3970. The standard InChI is InChI=1S/C20H15N3O2.C20H13N3O2.C11H6BrN3O.C9H8O/c2*1-24-17-8-6-14(7-9-17)4-5-15-11-18-20(22-12-15)25-19(23-18)16-3-2-10-21-13-16;12-8-4-9-11(14-6-8)16-10(15-9)7-2-1-3-13-5-7;1-3-8-4-6-9(10-2)7-5-8/h2-13H,1H3;2-3,6-13H,1H3;1-6H;1,4-7H,2H3/b5-4-;;;. The van der Waals surface area contributed by atoms with Gasteiger partial charge in [0.1, 0.15) is 33.8 Å². The van der Waals surface area contributed by atoms with Gasteiger partial charge in [-0.1, -0.05) is 42.0 Å². The summed E-state index contributed by atoms with van der Waals surface area (Å²) in [6.07, 6.45) is 24.5. The Kier molecular flexibility index (Phi) is 16.6. The van der Waals surface area contributed by atoms with Gasteiger partial charge < -0.3 is 27.5 Å². The van der Waals surface area contributed by atoms with Crippen LogP contribution in [0.1, 0.15) is 27.8 Å². The van der Waals surface area contributed by atoms with Crippen LogP contribution in [-0.2, 0) is 0 Å². The van der Waals surface area contributed by atoms with Crippen LogP contribution in [0, 0.1) is 24.2 Å². The molecule has 0 N–H and O–H groups in total. The van der Waals surface area contributed by atoms with Gasteiger partial charge in [-0.15, -0.1) is 6.42 Å². The first-order valence-corrected chi connectivity index (χ1v) is 23.9. The van der Waals surface area contributed by atoms with Gasteiger partial charge in [0.2, 0.25) is 34.8 Å². The molecule has 9 heterocycles. The number of fused-ring (bicyclic) bond motifs is 3. The average molecular weight is 1060 g/mol. The zero-order chi connectivity index (χ0) is 52.5. The number of oxazole rings is 3. The number of hydrogen-bond acceptors (Lipinski definition) is 15. The van der Waals surface area contributed by atoms with Crippen LogP contribution in [0.5, 0.6) is 17.2 Å². The molecule has 0 bridgehead atoms. The highest BCUT2D eigenvalue weighted by Gasteiger charge is 2.12. The lowest BCUT2D eigenvalue weighted by Gasteiger charge is -1.99. The van der Waals surface area contributed by atoms with Gasteiger partial charge in [-0.25, -0.2) is 29.9 Å². The number of pyridine rings is 6. The summed E-state index contributed by atoms with van der Waals surface area (Å²) in [5, 5.41) is 0. The van der Waals surface area contributed by atoms with Crippen LogP contribution < -0.4 is 14.2 Å². The topological polar surface area (TPSA) is 183 Å². The Morgan fingerprint density at radius 3 is 1.34 bits per heavy atom. The van der Waals surface area contributed by atoms with Crippen molar-refractivity contribution in [3.05, 3.63) is 215 Å². The van der Waals surface area contributed by atoms with E-state index in [1.165, 1.54) is 0 Å². The van der Waals surface area contributed by atoms with E-state index in [9.17, 15) is 0 Å². The number of hydrogen-bond donors (Lipinski definition) is 0. The summed E-state index contributed by atoms with van der Waals surface area (Å²) in [7, 11) is 4.92. The summed E-state index contributed by atoms with van der Waals surface area (Å²) in [6.45, 7) is 0. The lowest BCUT2D eigenvalue weighted by Crippen LogP contribution is -1.83. The van der Waals surface area contributed by atoms with Crippen LogP contribution in [0.15, 0.2) is 201 Å². The molecule has 0 amide bonds. The smallest absolute Gasteiger partial charge is 0.247 e. The van der Waals surface area contributed by atoms with Gasteiger partial charge in [0, 0.05) is 76.9 Å². The molecule has 15 nitrogen and oxygen atoms in total. The third kappa shape index (κ3) is 13.4. The number of terminal acetylenes is 1. The van der Waals surface area contributed by atoms with Crippen molar-refractivity contribution in [2.45, 2.75) is 0 Å². The van der Waals surface area contributed by atoms with Crippen molar-refractivity contribution in [1.82, 2.24) is 44.9 Å². The molecule has 0 aliphatic heterocycles. The van der Waals surface area contributed by atoms with E-state index in [4.69, 9.17) is 33.9 Å². The van der Waals surface area contributed by atoms with E-state index in [-0.39, 0.29) is 0 Å². The molecule has 9 aromatic heterocycles. The SMILES string of the molecule is Brc1cnc2oc(-c3cccnc3)nc2c1.C#Cc1ccc(OC)cc1.COc1ccc(/C=C\c2cnc3oc(-c4cccnc4)nc3c2)cc1.COc1ccc(C#Cc2cnc3oc(-c4cccnc4)nc3c2)cc1. The number of nitrogens with zero attached hydrogens (tertiary/aromatic N) is 9. The normalized spacial score (nSPS) is 10.5. The Morgan fingerprint density at radius 2 is 0.868 bits per heavy atom. The van der Waals surface area contributed by atoms with Crippen molar-refractivity contribution >= 4 is 61.8 Å². The zero-order valence-electron chi connectivity index (χ0n) is 40.9. The van der Waals surface area contributed by atoms with Crippen molar-refractivity contribution in [2.24, 2.45) is 0 Å². The van der Waals surface area contributed by atoms with E-state index in [0.717, 1.165) is 77.3 Å². The molecule has 3 aromatic carbocycles. The maximum Gasteiger partial charge on any atom is 0.247 e. The van der Waals surface area contributed by atoms with Crippen molar-refractivity contribution in [2.75, 3.05) is 21.3 Å². The summed E-state index contributed by atoms with van der Waals surface area (Å²) in [6, 6.07) is 39.7. The zero-order valence-corrected chi connectivity index (χ0v) is 42.5. The van der Waals surface area contributed by atoms with E-state index in [1.807, 2.05) is 140 Å². The van der Waals surface area contributed by atoms with Crippen LogP contribution in [0.3, 0.4) is 0 Å². The molecule has 16 heteroatoms. The molecule has 0 saturated carbocycles. The number of methoxy groups -OCH3 is 3. The number of ether oxygens (including phenoxy) is 3. The van der Waals surface area contributed by atoms with Gasteiger partial charge in [-0.3, -0.25) is 15.0 Å². The number of aromatic nitrogens is 9. The van der Waals surface area contributed by atoms with Crippen molar-refractivity contribution in [3.8, 4) is 75.8 Å². The number of halogens is 1. The maximum absolute atomic E-state index is 5.70. The first kappa shape index (κ1) is 50.6. The van der Waals surface area contributed by atoms with E-state index in [0.29, 0.717) is 40.3 Å². The maximum atomic E-state index is 5.70. The van der Waals surface area contributed by atoms with Crippen LogP contribution in [0.4, 0.5) is 0 Å². The molecule has 0 aliphatic rings. The summed E-state index contributed by atoms with van der Waals surface area (Å²) in [4.78, 5) is 38.3. The molecule has 0 radical (unpaired) electrons. The van der Waals surface area contributed by atoms with Gasteiger partial charge in [0.25, 0.3) is 0 Å². The fourth-order valence-electron chi connectivity index (χ4n) is 6.87. The molecule has 0 unspecified atom stereocenters. The second kappa shape index (κ2) is 24.9. The van der Waals surface area contributed by atoms with Gasteiger partial charge in [0.05, 0.1) is 38.0 Å². The lowest BCUT2D eigenvalue weighted by atomic mass is 10.1. The van der Waals surface area contributed by atoms with E-state index >= 15 is 0 Å². The molecule has 0 aliphatic carbocycles. The first-order valence-electron chi connectivity index (χ1n) is 23.1. The van der Waals surface area contributed by atoms with Gasteiger partial charge >= 0.3 is 0 Å². The summed E-state index contributed by atoms with van der Waals surface area (Å²) >= 11 is 3.34. The fourth-order valence-corrected chi connectivity index (χ4v) is 7.19. The predicted octanol–water partition coefficient (Wildman–Crippen LogP) is 12.9. The number of rotatable bonds is 8. The second-order valence-electron chi connectivity index (χ2n) is 15.9. The van der Waals surface area contributed by atoms with E-state index < -0.39 is 0 Å². The molecule has 0 spiro atoms. The van der Waals surface area contributed by atoms with Crippen molar-refractivity contribution in [1.29, 1.82) is 0 Å². The van der Waals surface area contributed by atoms with Crippen molar-refractivity contribution in [3.63, 3.8) is 0 Å². The monoisotopic (exact) mass is 1060 g/mol. The lowest BCUT2D eigenvalue weighted by molar-refractivity contribution is 0.414. The second-order valence-corrected chi connectivity index (χ2v) is 16.8. The molecular weight excluding hydrogens is 1020 g/mol. The first-order chi connectivity index (χ1) is 37.3. The predicted molar refractivity (Wildman–Crippen MR) is 295 cm³/mol. The highest BCUT2D eigenvalue weighted by molar-refractivity contribution is 9.10. The molecule has 0 saturated heterocycles. The fraction of sp³-hybridized carbons (Fsp3) is 0.0500. The quantitative estimate of drug-likeness (QED) is 0.131. The van der Waals surface area contributed by atoms with Gasteiger partial charge in [-0.05, 0) is 142 Å². The van der Waals surface area contributed by atoms with Crippen LogP contribution in [0.2, 0.25) is 0 Å². The van der Waals surface area contributed by atoms with Gasteiger partial charge in [-0.2, -0.15) is 0 Å². The summed E-state index contributed by atoms with van der Waals surface area (Å²) in [5.74, 6) is 12.7. The van der Waals surface area contributed by atoms with Crippen LogP contribution in [0.25, 0.3) is 80.2 Å². The van der Waals surface area contributed by atoms with Crippen LogP contribution >= 0.6 is 15.9 Å².